The number of amides is 1. The van der Waals surface area contributed by atoms with Gasteiger partial charge in [0.15, 0.2) is 0 Å². The Hall–Kier alpha value is -1.62. The minimum atomic E-state index is 0.0113. The van der Waals surface area contributed by atoms with Gasteiger partial charge in [0.05, 0.1) is 0 Å². The first kappa shape index (κ1) is 12.8. The van der Waals surface area contributed by atoms with Crippen LogP contribution < -0.4 is 16.0 Å². The van der Waals surface area contributed by atoms with Gasteiger partial charge >= 0.3 is 0 Å². The predicted octanol–water partition coefficient (Wildman–Crippen LogP) is 0.816. The first-order chi connectivity index (χ1) is 8.56. The summed E-state index contributed by atoms with van der Waals surface area (Å²) >= 11 is 0. The highest BCUT2D eigenvalue weighted by Crippen LogP contribution is 2.19. The third-order valence-electron chi connectivity index (χ3n) is 3.22. The minimum Gasteiger partial charge on any atom is -0.354 e. The second kappa shape index (κ2) is 5.35. The molecule has 1 saturated heterocycles. The van der Waals surface area contributed by atoms with Gasteiger partial charge in [0, 0.05) is 38.3 Å². The van der Waals surface area contributed by atoms with Crippen molar-refractivity contribution in [3.63, 3.8) is 0 Å². The zero-order chi connectivity index (χ0) is 13.1. The second-order valence-electron chi connectivity index (χ2n) is 4.87. The topological polar surface area (TPSA) is 71.2 Å². The van der Waals surface area contributed by atoms with Gasteiger partial charge in [0.25, 0.3) is 0 Å². The Balaban J connectivity index is 1.98. The van der Waals surface area contributed by atoms with Gasteiger partial charge in [0.2, 0.25) is 5.91 Å². The van der Waals surface area contributed by atoms with Gasteiger partial charge < -0.3 is 16.0 Å². The van der Waals surface area contributed by atoms with E-state index in [2.05, 4.69) is 15.2 Å². The van der Waals surface area contributed by atoms with Crippen LogP contribution in [0, 0.1) is 0 Å². The largest absolute Gasteiger partial charge is 0.354 e. The summed E-state index contributed by atoms with van der Waals surface area (Å²) in [6, 6.07) is 4.25. The molecular formula is C13H20N4O. The van der Waals surface area contributed by atoms with Gasteiger partial charge in [-0.05, 0) is 25.0 Å². The summed E-state index contributed by atoms with van der Waals surface area (Å²) in [5.41, 5.74) is 6.83. The van der Waals surface area contributed by atoms with Crippen LogP contribution in [0.4, 0.5) is 5.82 Å². The number of nitrogens with one attached hydrogen (secondary N) is 1. The molecule has 0 saturated carbocycles. The first-order valence-electron chi connectivity index (χ1n) is 6.30. The summed E-state index contributed by atoms with van der Waals surface area (Å²) in [7, 11) is 0. The van der Waals surface area contributed by atoms with Gasteiger partial charge in [0.1, 0.15) is 5.82 Å². The number of hydrogen-bond acceptors (Lipinski definition) is 4. The summed E-state index contributed by atoms with van der Waals surface area (Å²) in [6.07, 6.45) is 2.79. The maximum atomic E-state index is 11.0. The fourth-order valence-electron chi connectivity index (χ4n) is 2.23. The Kier molecular flexibility index (Phi) is 3.81. The van der Waals surface area contributed by atoms with Crippen LogP contribution in [-0.2, 0) is 4.79 Å². The maximum Gasteiger partial charge on any atom is 0.217 e. The molecule has 1 unspecified atom stereocenters. The lowest BCUT2D eigenvalue weighted by atomic mass is 10.1. The highest BCUT2D eigenvalue weighted by Gasteiger charge is 2.23. The number of nitrogens with two attached hydrogens (primary N) is 1. The third kappa shape index (κ3) is 2.98. The molecule has 1 aliphatic rings. The Morgan fingerprint density at radius 2 is 2.39 bits per heavy atom. The van der Waals surface area contributed by atoms with Crippen LogP contribution in [0.15, 0.2) is 18.3 Å². The quantitative estimate of drug-likeness (QED) is 0.830. The lowest BCUT2D eigenvalue weighted by Gasteiger charge is -2.18. The predicted molar refractivity (Wildman–Crippen MR) is 71.3 cm³/mol. The molecule has 1 fully saturated rings. The van der Waals surface area contributed by atoms with Crippen molar-refractivity contribution in [1.29, 1.82) is 0 Å². The van der Waals surface area contributed by atoms with E-state index in [0.717, 1.165) is 30.9 Å². The number of anilines is 1. The molecule has 0 aliphatic carbocycles. The molecule has 5 heteroatoms. The van der Waals surface area contributed by atoms with Crippen molar-refractivity contribution >= 4 is 11.7 Å². The van der Waals surface area contributed by atoms with Crippen molar-refractivity contribution in [2.24, 2.45) is 5.73 Å². The van der Waals surface area contributed by atoms with E-state index in [0.29, 0.717) is 0 Å². The monoisotopic (exact) mass is 248 g/mol. The number of carbonyl (C=O) groups is 1. The van der Waals surface area contributed by atoms with Crippen LogP contribution in [-0.4, -0.2) is 30.0 Å². The average molecular weight is 248 g/mol. The minimum absolute atomic E-state index is 0.0113. The van der Waals surface area contributed by atoms with E-state index >= 15 is 0 Å². The summed E-state index contributed by atoms with van der Waals surface area (Å²) in [5, 5.41) is 2.94. The molecule has 1 aliphatic heterocycles. The Labute approximate surface area is 107 Å². The molecule has 98 valence electrons. The highest BCUT2D eigenvalue weighted by atomic mass is 16.1. The van der Waals surface area contributed by atoms with E-state index in [-0.39, 0.29) is 18.0 Å². The zero-order valence-corrected chi connectivity index (χ0v) is 10.9. The van der Waals surface area contributed by atoms with Crippen LogP contribution in [0.1, 0.15) is 31.9 Å². The van der Waals surface area contributed by atoms with Crippen molar-refractivity contribution < 1.29 is 4.79 Å². The number of carbonyl (C=O) groups excluding carboxylic acids is 1. The SMILES string of the molecule is CC(=O)NC1CCN(c2ccc([C@H](C)N)cn2)C1. The van der Waals surface area contributed by atoms with Crippen LogP contribution in [0.3, 0.4) is 0 Å². The molecule has 18 heavy (non-hydrogen) atoms. The molecule has 5 nitrogen and oxygen atoms in total. The van der Waals surface area contributed by atoms with Gasteiger partial charge in [-0.3, -0.25) is 4.79 Å². The van der Waals surface area contributed by atoms with Crippen LogP contribution >= 0.6 is 0 Å². The Morgan fingerprint density at radius 3 is 2.94 bits per heavy atom. The zero-order valence-electron chi connectivity index (χ0n) is 10.9. The third-order valence-corrected chi connectivity index (χ3v) is 3.22. The number of aromatic nitrogens is 1. The average Bonchev–Trinajstić information content (AvgIpc) is 2.76. The fourth-order valence-corrected chi connectivity index (χ4v) is 2.23. The van der Waals surface area contributed by atoms with E-state index < -0.39 is 0 Å². The first-order valence-corrected chi connectivity index (χ1v) is 6.30. The van der Waals surface area contributed by atoms with E-state index in [1.165, 1.54) is 0 Å². The van der Waals surface area contributed by atoms with E-state index in [1.54, 1.807) is 6.92 Å². The van der Waals surface area contributed by atoms with E-state index in [1.807, 2.05) is 25.3 Å². The van der Waals surface area contributed by atoms with Crippen LogP contribution in [0.25, 0.3) is 0 Å². The summed E-state index contributed by atoms with van der Waals surface area (Å²) in [4.78, 5) is 17.6. The Morgan fingerprint density at radius 1 is 1.61 bits per heavy atom. The summed E-state index contributed by atoms with van der Waals surface area (Å²) in [5.74, 6) is 0.981. The summed E-state index contributed by atoms with van der Waals surface area (Å²) < 4.78 is 0. The molecule has 0 radical (unpaired) electrons. The molecular weight excluding hydrogens is 228 g/mol. The van der Waals surface area contributed by atoms with Gasteiger partial charge in [-0.25, -0.2) is 4.98 Å². The molecule has 2 atom stereocenters. The number of pyridine rings is 1. The molecule has 2 heterocycles. The number of nitrogens with zero attached hydrogens (tertiary/aromatic N) is 2. The van der Waals surface area contributed by atoms with Crippen LogP contribution in [0.5, 0.6) is 0 Å². The van der Waals surface area contributed by atoms with Gasteiger partial charge in [-0.15, -0.1) is 0 Å². The molecule has 0 bridgehead atoms. The number of rotatable bonds is 3. The fraction of sp³-hybridized carbons (Fsp3) is 0.538. The molecule has 1 aromatic heterocycles. The van der Waals surface area contributed by atoms with E-state index in [4.69, 9.17) is 5.73 Å². The molecule has 1 aromatic rings. The van der Waals surface area contributed by atoms with Gasteiger partial charge in [-0.2, -0.15) is 0 Å². The van der Waals surface area contributed by atoms with Crippen molar-refractivity contribution in [2.45, 2.75) is 32.4 Å². The number of hydrogen-bond donors (Lipinski definition) is 2. The normalized spacial score (nSPS) is 20.8. The molecule has 1 amide bonds. The molecule has 0 aromatic carbocycles. The smallest absolute Gasteiger partial charge is 0.217 e. The van der Waals surface area contributed by atoms with Gasteiger partial charge in [-0.1, -0.05) is 6.07 Å². The van der Waals surface area contributed by atoms with E-state index in [9.17, 15) is 4.79 Å². The second-order valence-corrected chi connectivity index (χ2v) is 4.87. The molecule has 3 N–H and O–H groups in total. The lowest BCUT2D eigenvalue weighted by Crippen LogP contribution is -2.35. The molecule has 0 spiro atoms. The highest BCUT2D eigenvalue weighted by molar-refractivity contribution is 5.73. The van der Waals surface area contributed by atoms with Crippen molar-refractivity contribution in [3.8, 4) is 0 Å². The van der Waals surface area contributed by atoms with Crippen molar-refractivity contribution in [1.82, 2.24) is 10.3 Å². The summed E-state index contributed by atoms with van der Waals surface area (Å²) in [6.45, 7) is 5.25. The van der Waals surface area contributed by atoms with Crippen molar-refractivity contribution in [2.75, 3.05) is 18.0 Å². The lowest BCUT2D eigenvalue weighted by molar-refractivity contribution is -0.119. The molecule has 2 rings (SSSR count). The Bertz CT molecular complexity index is 416. The maximum absolute atomic E-state index is 11.0. The van der Waals surface area contributed by atoms with Crippen LogP contribution in [0.2, 0.25) is 0 Å². The van der Waals surface area contributed by atoms with Crippen molar-refractivity contribution in [3.05, 3.63) is 23.9 Å². The standard InChI is InChI=1S/C13H20N4O/c1-9(14)11-3-4-13(15-7-11)17-6-5-12(8-17)16-10(2)18/h3-4,7,9,12H,5-6,8,14H2,1-2H3,(H,16,18)/t9-,12?/m0/s1.